The van der Waals surface area contributed by atoms with Gasteiger partial charge in [-0.1, -0.05) is 18.2 Å². The standard InChI is InChI=1S/C16H24N2O2/c1-17-10-9-13-6-2-3-8-15(13)16(20)18-11-5-4-7-14(18)12-19/h2-3,6,8,14,17,19H,4-5,7,9-12H2,1H3. The minimum Gasteiger partial charge on any atom is -0.394 e. The van der Waals surface area contributed by atoms with Gasteiger partial charge in [0.15, 0.2) is 0 Å². The van der Waals surface area contributed by atoms with Crippen LogP contribution < -0.4 is 5.32 Å². The van der Waals surface area contributed by atoms with Crippen molar-refractivity contribution in [3.63, 3.8) is 0 Å². The van der Waals surface area contributed by atoms with Crippen LogP contribution in [-0.4, -0.2) is 48.7 Å². The zero-order chi connectivity index (χ0) is 14.4. The molecule has 1 amide bonds. The maximum atomic E-state index is 12.7. The predicted molar refractivity (Wildman–Crippen MR) is 79.8 cm³/mol. The molecule has 1 fully saturated rings. The summed E-state index contributed by atoms with van der Waals surface area (Å²) in [5.74, 6) is 0.0652. The number of amides is 1. The number of likely N-dealkylation sites (tertiary alicyclic amines) is 1. The van der Waals surface area contributed by atoms with Gasteiger partial charge in [-0.3, -0.25) is 4.79 Å². The SMILES string of the molecule is CNCCc1ccccc1C(=O)N1CCCCC1CO. The van der Waals surface area contributed by atoms with Gasteiger partial charge in [-0.15, -0.1) is 0 Å². The molecule has 1 saturated heterocycles. The van der Waals surface area contributed by atoms with Gasteiger partial charge >= 0.3 is 0 Å². The van der Waals surface area contributed by atoms with E-state index >= 15 is 0 Å². The maximum absolute atomic E-state index is 12.7. The van der Waals surface area contributed by atoms with Crippen LogP contribution in [0.1, 0.15) is 35.2 Å². The molecule has 1 atom stereocenters. The molecule has 1 aromatic carbocycles. The first-order valence-corrected chi connectivity index (χ1v) is 7.42. The number of aliphatic hydroxyl groups excluding tert-OH is 1. The molecular weight excluding hydrogens is 252 g/mol. The average Bonchev–Trinajstić information content (AvgIpc) is 2.52. The van der Waals surface area contributed by atoms with Crippen molar-refractivity contribution in [2.24, 2.45) is 0 Å². The molecule has 4 heteroatoms. The fourth-order valence-electron chi connectivity index (χ4n) is 2.82. The highest BCUT2D eigenvalue weighted by Crippen LogP contribution is 2.21. The van der Waals surface area contributed by atoms with Crippen LogP contribution in [0.5, 0.6) is 0 Å². The lowest BCUT2D eigenvalue weighted by Crippen LogP contribution is -2.45. The van der Waals surface area contributed by atoms with E-state index < -0.39 is 0 Å². The molecule has 0 radical (unpaired) electrons. The van der Waals surface area contributed by atoms with E-state index in [1.807, 2.05) is 36.2 Å². The summed E-state index contributed by atoms with van der Waals surface area (Å²) in [4.78, 5) is 14.6. The van der Waals surface area contributed by atoms with Crippen LogP contribution in [0.15, 0.2) is 24.3 Å². The molecular formula is C16H24N2O2. The molecule has 1 aliphatic heterocycles. The second-order valence-corrected chi connectivity index (χ2v) is 5.34. The number of benzene rings is 1. The van der Waals surface area contributed by atoms with Crippen molar-refractivity contribution in [3.05, 3.63) is 35.4 Å². The Morgan fingerprint density at radius 1 is 1.40 bits per heavy atom. The van der Waals surface area contributed by atoms with E-state index in [2.05, 4.69) is 5.32 Å². The van der Waals surface area contributed by atoms with Crippen LogP contribution in [-0.2, 0) is 6.42 Å². The van der Waals surface area contributed by atoms with Gasteiger partial charge in [-0.25, -0.2) is 0 Å². The van der Waals surface area contributed by atoms with Gasteiger partial charge in [0.1, 0.15) is 0 Å². The Hall–Kier alpha value is -1.39. The summed E-state index contributed by atoms with van der Waals surface area (Å²) in [7, 11) is 1.91. The monoisotopic (exact) mass is 276 g/mol. The van der Waals surface area contributed by atoms with Crippen molar-refractivity contribution in [1.82, 2.24) is 10.2 Å². The van der Waals surface area contributed by atoms with E-state index in [1.165, 1.54) is 0 Å². The third kappa shape index (κ3) is 3.38. The van der Waals surface area contributed by atoms with Crippen molar-refractivity contribution < 1.29 is 9.90 Å². The summed E-state index contributed by atoms with van der Waals surface area (Å²) in [5.41, 5.74) is 1.86. The molecule has 0 aromatic heterocycles. The van der Waals surface area contributed by atoms with E-state index in [1.54, 1.807) is 0 Å². The highest BCUT2D eigenvalue weighted by atomic mass is 16.3. The smallest absolute Gasteiger partial charge is 0.254 e. The van der Waals surface area contributed by atoms with Crippen molar-refractivity contribution in [2.45, 2.75) is 31.7 Å². The molecule has 2 rings (SSSR count). The normalized spacial score (nSPS) is 19.1. The summed E-state index contributed by atoms with van der Waals surface area (Å²) in [5, 5.41) is 12.6. The van der Waals surface area contributed by atoms with Gasteiger partial charge in [0.05, 0.1) is 12.6 Å². The Bertz CT molecular complexity index is 448. The van der Waals surface area contributed by atoms with E-state index in [4.69, 9.17) is 0 Å². The van der Waals surface area contributed by atoms with Crippen LogP contribution in [0, 0.1) is 0 Å². The van der Waals surface area contributed by atoms with Gasteiger partial charge in [-0.2, -0.15) is 0 Å². The van der Waals surface area contributed by atoms with Gasteiger partial charge in [0.25, 0.3) is 5.91 Å². The van der Waals surface area contributed by atoms with Gasteiger partial charge in [0.2, 0.25) is 0 Å². The van der Waals surface area contributed by atoms with Crippen LogP contribution in [0.2, 0.25) is 0 Å². The molecule has 110 valence electrons. The van der Waals surface area contributed by atoms with Gasteiger partial charge in [-0.05, 0) is 50.9 Å². The second kappa shape index (κ2) is 7.41. The minimum absolute atomic E-state index is 0.0198. The number of nitrogens with zero attached hydrogens (tertiary/aromatic N) is 1. The number of piperidine rings is 1. The molecule has 1 unspecified atom stereocenters. The Kier molecular flexibility index (Phi) is 5.56. The minimum atomic E-state index is -0.0198. The lowest BCUT2D eigenvalue weighted by Gasteiger charge is -2.35. The molecule has 2 N–H and O–H groups in total. The molecule has 4 nitrogen and oxygen atoms in total. The fourth-order valence-corrected chi connectivity index (χ4v) is 2.82. The molecule has 0 bridgehead atoms. The van der Waals surface area contributed by atoms with E-state index in [0.717, 1.165) is 49.9 Å². The Balaban J connectivity index is 2.19. The van der Waals surface area contributed by atoms with Crippen molar-refractivity contribution in [3.8, 4) is 0 Å². The van der Waals surface area contributed by atoms with Crippen LogP contribution >= 0.6 is 0 Å². The number of hydrogen-bond acceptors (Lipinski definition) is 3. The second-order valence-electron chi connectivity index (χ2n) is 5.34. The molecule has 0 aliphatic carbocycles. The van der Waals surface area contributed by atoms with Crippen molar-refractivity contribution in [2.75, 3.05) is 26.7 Å². The summed E-state index contributed by atoms with van der Waals surface area (Å²) in [6.07, 6.45) is 3.87. The maximum Gasteiger partial charge on any atom is 0.254 e. The zero-order valence-electron chi connectivity index (χ0n) is 12.1. The lowest BCUT2D eigenvalue weighted by molar-refractivity contribution is 0.0502. The number of carbonyl (C=O) groups excluding carboxylic acids is 1. The highest BCUT2D eigenvalue weighted by Gasteiger charge is 2.27. The molecule has 0 spiro atoms. The first kappa shape index (κ1) is 15.0. The first-order chi connectivity index (χ1) is 9.77. The zero-order valence-corrected chi connectivity index (χ0v) is 12.1. The van der Waals surface area contributed by atoms with Gasteiger partial charge < -0.3 is 15.3 Å². The summed E-state index contributed by atoms with van der Waals surface area (Å²) >= 11 is 0. The summed E-state index contributed by atoms with van der Waals surface area (Å²) in [6.45, 7) is 1.67. The number of hydrogen-bond donors (Lipinski definition) is 2. The molecule has 1 heterocycles. The van der Waals surface area contributed by atoms with Crippen LogP contribution in [0.25, 0.3) is 0 Å². The third-order valence-corrected chi connectivity index (χ3v) is 3.99. The van der Waals surface area contributed by atoms with E-state index in [0.29, 0.717) is 0 Å². The third-order valence-electron chi connectivity index (χ3n) is 3.99. The van der Waals surface area contributed by atoms with E-state index in [9.17, 15) is 9.90 Å². The molecule has 0 saturated carbocycles. The Morgan fingerprint density at radius 2 is 2.20 bits per heavy atom. The number of carbonyl (C=O) groups is 1. The summed E-state index contributed by atoms with van der Waals surface area (Å²) < 4.78 is 0. The molecule has 1 aliphatic rings. The Morgan fingerprint density at radius 3 is 2.95 bits per heavy atom. The van der Waals surface area contributed by atoms with Gasteiger partial charge in [0, 0.05) is 12.1 Å². The topological polar surface area (TPSA) is 52.6 Å². The van der Waals surface area contributed by atoms with Crippen molar-refractivity contribution >= 4 is 5.91 Å². The lowest BCUT2D eigenvalue weighted by atomic mass is 9.98. The molecule has 1 aromatic rings. The number of likely N-dealkylation sites (N-methyl/N-ethyl adjacent to an activating group) is 1. The first-order valence-electron chi connectivity index (χ1n) is 7.42. The Labute approximate surface area is 120 Å². The van der Waals surface area contributed by atoms with Crippen molar-refractivity contribution in [1.29, 1.82) is 0 Å². The van der Waals surface area contributed by atoms with Crippen LogP contribution in [0.3, 0.4) is 0 Å². The highest BCUT2D eigenvalue weighted by molar-refractivity contribution is 5.96. The largest absolute Gasteiger partial charge is 0.394 e. The summed E-state index contributed by atoms with van der Waals surface area (Å²) in [6, 6.07) is 7.78. The average molecular weight is 276 g/mol. The number of rotatable bonds is 5. The quantitative estimate of drug-likeness (QED) is 0.855. The van der Waals surface area contributed by atoms with E-state index in [-0.39, 0.29) is 18.6 Å². The number of aliphatic hydroxyl groups is 1. The fraction of sp³-hybridized carbons (Fsp3) is 0.562. The van der Waals surface area contributed by atoms with Crippen LogP contribution in [0.4, 0.5) is 0 Å². The number of nitrogens with one attached hydrogen (secondary N) is 1. The molecule has 20 heavy (non-hydrogen) atoms. The predicted octanol–water partition coefficient (Wildman–Crippen LogP) is 1.44.